The SMILES string of the molecule is C#CCSCCNCc1nccn1C. The number of rotatable bonds is 6. The Morgan fingerprint density at radius 1 is 1.71 bits per heavy atom. The van der Waals surface area contributed by atoms with E-state index in [2.05, 4.69) is 16.2 Å². The maximum absolute atomic E-state index is 5.14. The highest BCUT2D eigenvalue weighted by Crippen LogP contribution is 1.96. The molecule has 4 heteroatoms. The van der Waals surface area contributed by atoms with Gasteiger partial charge in [-0.3, -0.25) is 0 Å². The van der Waals surface area contributed by atoms with Crippen molar-refractivity contribution >= 4 is 11.8 Å². The molecule has 0 saturated carbocycles. The van der Waals surface area contributed by atoms with Gasteiger partial charge in [0.1, 0.15) is 5.82 Å². The van der Waals surface area contributed by atoms with Crippen LogP contribution in [0, 0.1) is 12.3 Å². The molecule has 0 radical (unpaired) electrons. The molecule has 0 bridgehead atoms. The summed E-state index contributed by atoms with van der Waals surface area (Å²) in [7, 11) is 2.00. The van der Waals surface area contributed by atoms with Gasteiger partial charge >= 0.3 is 0 Å². The molecule has 0 amide bonds. The number of aryl methyl sites for hydroxylation is 1. The summed E-state index contributed by atoms with van der Waals surface area (Å²) in [4.78, 5) is 4.21. The predicted octanol–water partition coefficient (Wildman–Crippen LogP) is 0.876. The van der Waals surface area contributed by atoms with Crippen LogP contribution in [0.25, 0.3) is 0 Å². The molecule has 1 heterocycles. The van der Waals surface area contributed by atoms with Gasteiger partial charge in [0.05, 0.1) is 12.3 Å². The number of nitrogens with one attached hydrogen (secondary N) is 1. The second-order valence-electron chi connectivity index (χ2n) is 2.89. The van der Waals surface area contributed by atoms with Gasteiger partial charge in [0.2, 0.25) is 0 Å². The molecule has 1 aromatic heterocycles. The van der Waals surface area contributed by atoms with Gasteiger partial charge < -0.3 is 9.88 Å². The van der Waals surface area contributed by atoms with Gasteiger partial charge in [-0.1, -0.05) is 5.92 Å². The third-order valence-electron chi connectivity index (χ3n) is 1.81. The van der Waals surface area contributed by atoms with Crippen molar-refractivity contribution in [3.8, 4) is 12.3 Å². The average molecular weight is 209 g/mol. The lowest BCUT2D eigenvalue weighted by atomic mass is 10.5. The zero-order valence-electron chi connectivity index (χ0n) is 8.36. The lowest BCUT2D eigenvalue weighted by molar-refractivity contribution is 0.664. The summed E-state index contributed by atoms with van der Waals surface area (Å²) in [6, 6.07) is 0. The second kappa shape index (κ2) is 6.52. The van der Waals surface area contributed by atoms with Crippen molar-refractivity contribution in [3.63, 3.8) is 0 Å². The van der Waals surface area contributed by atoms with Crippen molar-refractivity contribution in [2.24, 2.45) is 7.05 Å². The Morgan fingerprint density at radius 3 is 3.21 bits per heavy atom. The monoisotopic (exact) mass is 209 g/mol. The summed E-state index contributed by atoms with van der Waals surface area (Å²) in [6.45, 7) is 1.79. The largest absolute Gasteiger partial charge is 0.337 e. The quantitative estimate of drug-likeness (QED) is 0.557. The van der Waals surface area contributed by atoms with Crippen LogP contribution in [0.1, 0.15) is 5.82 Å². The summed E-state index contributed by atoms with van der Waals surface area (Å²) in [6.07, 6.45) is 8.89. The van der Waals surface area contributed by atoms with E-state index < -0.39 is 0 Å². The van der Waals surface area contributed by atoms with Crippen LogP contribution in [0.3, 0.4) is 0 Å². The van der Waals surface area contributed by atoms with E-state index in [4.69, 9.17) is 6.42 Å². The van der Waals surface area contributed by atoms with E-state index in [0.29, 0.717) is 0 Å². The van der Waals surface area contributed by atoms with E-state index in [1.165, 1.54) is 0 Å². The minimum atomic E-state index is 0.796. The molecule has 1 rings (SSSR count). The van der Waals surface area contributed by atoms with E-state index in [0.717, 1.165) is 30.4 Å². The highest BCUT2D eigenvalue weighted by molar-refractivity contribution is 7.99. The molecule has 0 atom stereocenters. The lowest BCUT2D eigenvalue weighted by Crippen LogP contribution is -2.18. The third-order valence-corrected chi connectivity index (χ3v) is 2.68. The topological polar surface area (TPSA) is 29.9 Å². The number of thioether (sulfide) groups is 1. The van der Waals surface area contributed by atoms with Crippen LogP contribution in [0.5, 0.6) is 0 Å². The summed E-state index contributed by atoms with van der Waals surface area (Å²) < 4.78 is 2.02. The van der Waals surface area contributed by atoms with Gasteiger partial charge in [0, 0.05) is 31.7 Å². The maximum Gasteiger partial charge on any atom is 0.122 e. The van der Waals surface area contributed by atoms with Crippen molar-refractivity contribution in [2.75, 3.05) is 18.1 Å². The fourth-order valence-corrected chi connectivity index (χ4v) is 1.59. The van der Waals surface area contributed by atoms with E-state index >= 15 is 0 Å². The molecular formula is C10H15N3S. The average Bonchev–Trinajstić information content (AvgIpc) is 2.58. The van der Waals surface area contributed by atoms with Crippen LogP contribution in [-0.2, 0) is 13.6 Å². The number of hydrogen-bond donors (Lipinski definition) is 1. The van der Waals surface area contributed by atoms with E-state index in [-0.39, 0.29) is 0 Å². The first-order valence-electron chi connectivity index (χ1n) is 4.52. The third kappa shape index (κ3) is 3.86. The molecule has 1 N–H and O–H groups in total. The van der Waals surface area contributed by atoms with Crippen molar-refractivity contribution in [2.45, 2.75) is 6.54 Å². The van der Waals surface area contributed by atoms with Crippen molar-refractivity contribution in [1.82, 2.24) is 14.9 Å². The normalized spacial score (nSPS) is 10.0. The van der Waals surface area contributed by atoms with Gasteiger partial charge in [-0.15, -0.1) is 18.2 Å². The highest BCUT2D eigenvalue weighted by Gasteiger charge is 1.96. The summed E-state index contributed by atoms with van der Waals surface area (Å²) in [5.74, 6) is 5.51. The molecule has 1 aromatic rings. The van der Waals surface area contributed by atoms with Crippen LogP contribution in [-0.4, -0.2) is 27.6 Å². The van der Waals surface area contributed by atoms with Crippen molar-refractivity contribution < 1.29 is 0 Å². The number of imidazole rings is 1. The standard InChI is InChI=1S/C10H15N3S/c1-3-7-14-8-5-11-9-10-12-4-6-13(10)2/h1,4,6,11H,5,7-9H2,2H3. The molecule has 0 spiro atoms. The Kier molecular flexibility index (Phi) is 5.20. The molecule has 76 valence electrons. The highest BCUT2D eigenvalue weighted by atomic mass is 32.2. The Morgan fingerprint density at radius 2 is 2.57 bits per heavy atom. The molecule has 0 fully saturated rings. The Bertz CT molecular complexity index is 301. The minimum absolute atomic E-state index is 0.796. The Labute approximate surface area is 89.3 Å². The first-order chi connectivity index (χ1) is 6.84. The molecule has 14 heavy (non-hydrogen) atoms. The minimum Gasteiger partial charge on any atom is -0.337 e. The lowest BCUT2D eigenvalue weighted by Gasteiger charge is -2.03. The second-order valence-corrected chi connectivity index (χ2v) is 3.99. The van der Waals surface area contributed by atoms with Crippen LogP contribution in [0.4, 0.5) is 0 Å². The van der Waals surface area contributed by atoms with Gasteiger partial charge in [-0.25, -0.2) is 4.98 Å². The number of nitrogens with zero attached hydrogens (tertiary/aromatic N) is 2. The van der Waals surface area contributed by atoms with Gasteiger partial charge in [0.15, 0.2) is 0 Å². The van der Waals surface area contributed by atoms with Crippen LogP contribution in [0.15, 0.2) is 12.4 Å². The molecule has 0 aliphatic heterocycles. The van der Waals surface area contributed by atoms with E-state index in [9.17, 15) is 0 Å². The number of aromatic nitrogens is 2. The molecule has 0 aliphatic carbocycles. The zero-order chi connectivity index (χ0) is 10.2. The number of hydrogen-bond acceptors (Lipinski definition) is 3. The molecule has 0 saturated heterocycles. The van der Waals surface area contributed by atoms with Crippen LogP contribution in [0.2, 0.25) is 0 Å². The molecule has 3 nitrogen and oxygen atoms in total. The van der Waals surface area contributed by atoms with E-state index in [1.54, 1.807) is 11.8 Å². The maximum atomic E-state index is 5.14. The molecular weight excluding hydrogens is 194 g/mol. The fraction of sp³-hybridized carbons (Fsp3) is 0.500. The Hall–Kier alpha value is -0.920. The summed E-state index contributed by atoms with van der Waals surface area (Å²) >= 11 is 1.77. The summed E-state index contributed by atoms with van der Waals surface area (Å²) in [5.41, 5.74) is 0. The van der Waals surface area contributed by atoms with Crippen LogP contribution < -0.4 is 5.32 Å². The van der Waals surface area contributed by atoms with Gasteiger partial charge in [0.25, 0.3) is 0 Å². The van der Waals surface area contributed by atoms with Crippen molar-refractivity contribution in [3.05, 3.63) is 18.2 Å². The molecule has 0 unspecified atom stereocenters. The number of terminal acetylenes is 1. The smallest absolute Gasteiger partial charge is 0.122 e. The summed E-state index contributed by atoms with van der Waals surface area (Å²) in [5, 5.41) is 3.31. The molecule has 0 aromatic carbocycles. The first-order valence-corrected chi connectivity index (χ1v) is 5.68. The Balaban J connectivity index is 2.05. The predicted molar refractivity (Wildman–Crippen MR) is 61.1 cm³/mol. The zero-order valence-corrected chi connectivity index (χ0v) is 9.18. The van der Waals surface area contributed by atoms with Gasteiger partial charge in [-0.05, 0) is 0 Å². The van der Waals surface area contributed by atoms with Crippen molar-refractivity contribution in [1.29, 1.82) is 0 Å². The van der Waals surface area contributed by atoms with Crippen LogP contribution >= 0.6 is 11.8 Å². The van der Waals surface area contributed by atoms with Gasteiger partial charge in [-0.2, -0.15) is 0 Å². The van der Waals surface area contributed by atoms with E-state index in [1.807, 2.05) is 24.0 Å². The fourth-order valence-electron chi connectivity index (χ4n) is 1.04. The first kappa shape index (κ1) is 11.2. The molecule has 0 aliphatic rings.